The third kappa shape index (κ3) is 4.45. The molecule has 7 aromatic carbocycles. The molecule has 0 spiro atoms. The van der Waals surface area contributed by atoms with E-state index in [2.05, 4.69) is 105 Å². The molecule has 0 fully saturated rings. The van der Waals surface area contributed by atoms with Crippen LogP contribution in [-0.4, -0.2) is 9.13 Å². The van der Waals surface area contributed by atoms with E-state index in [4.69, 9.17) is 6.57 Å². The van der Waals surface area contributed by atoms with Crippen molar-refractivity contribution in [2.24, 2.45) is 0 Å². The highest BCUT2D eigenvalue weighted by atomic mass is 15.0. The average molecular weight is 636 g/mol. The monoisotopic (exact) mass is 635 g/mol. The molecule has 2 aromatic heterocycles. The highest BCUT2D eigenvalue weighted by Crippen LogP contribution is 2.40. The average Bonchev–Trinajstić information content (AvgIpc) is 3.70. The van der Waals surface area contributed by atoms with Crippen molar-refractivity contribution in [2.45, 2.75) is 0 Å². The molecule has 0 saturated carbocycles. The Labute approximate surface area is 288 Å². The summed E-state index contributed by atoms with van der Waals surface area (Å²) >= 11 is 0. The number of rotatable bonds is 4. The van der Waals surface area contributed by atoms with E-state index in [0.29, 0.717) is 16.8 Å². The Morgan fingerprint density at radius 1 is 0.460 bits per heavy atom. The summed E-state index contributed by atoms with van der Waals surface area (Å²) in [5.74, 6) is 0. The van der Waals surface area contributed by atoms with Gasteiger partial charge in [-0.3, -0.25) is 0 Å². The Morgan fingerprint density at radius 2 is 1.04 bits per heavy atom. The van der Waals surface area contributed by atoms with Gasteiger partial charge in [-0.15, -0.1) is 0 Å². The van der Waals surface area contributed by atoms with E-state index in [1.165, 1.54) is 0 Å². The van der Waals surface area contributed by atoms with E-state index in [1.54, 1.807) is 0 Å². The normalized spacial score (nSPS) is 11.1. The lowest BCUT2D eigenvalue weighted by atomic mass is 9.95. The second-order valence-electron chi connectivity index (χ2n) is 12.3. The molecule has 0 unspecified atom stereocenters. The Kier molecular flexibility index (Phi) is 6.56. The second-order valence-corrected chi connectivity index (χ2v) is 12.3. The van der Waals surface area contributed by atoms with Gasteiger partial charge in [0.1, 0.15) is 0 Å². The van der Waals surface area contributed by atoms with Crippen molar-refractivity contribution in [3.8, 4) is 45.8 Å². The maximum atomic E-state index is 10.2. The van der Waals surface area contributed by atoms with Crippen LogP contribution < -0.4 is 0 Å². The molecule has 0 aliphatic rings. The minimum Gasteiger partial charge on any atom is -0.310 e. The van der Waals surface area contributed by atoms with Gasteiger partial charge in [0.15, 0.2) is 5.69 Å². The first kappa shape index (κ1) is 28.8. The fourth-order valence-corrected chi connectivity index (χ4v) is 7.34. The van der Waals surface area contributed by atoms with Crippen molar-refractivity contribution in [1.29, 1.82) is 10.5 Å². The molecule has 0 saturated heterocycles. The largest absolute Gasteiger partial charge is 0.310 e. The van der Waals surface area contributed by atoms with Crippen LogP contribution in [0, 0.1) is 29.2 Å². The van der Waals surface area contributed by atoms with Crippen molar-refractivity contribution < 1.29 is 0 Å². The Balaban J connectivity index is 1.20. The number of nitriles is 2. The summed E-state index contributed by atoms with van der Waals surface area (Å²) in [5.41, 5.74) is 11.6. The molecule has 0 radical (unpaired) electrons. The first-order valence-corrected chi connectivity index (χ1v) is 16.2. The quantitative estimate of drug-likeness (QED) is 0.181. The zero-order valence-electron chi connectivity index (χ0n) is 26.7. The minimum atomic E-state index is 0.548. The van der Waals surface area contributed by atoms with Crippen LogP contribution in [0.4, 0.5) is 5.69 Å². The number of hydrogen-bond acceptors (Lipinski definition) is 2. The zero-order chi connectivity index (χ0) is 33.8. The third-order valence-electron chi connectivity index (χ3n) is 9.57. The van der Waals surface area contributed by atoms with Gasteiger partial charge < -0.3 is 9.13 Å². The van der Waals surface area contributed by atoms with Crippen LogP contribution in [0.1, 0.15) is 11.1 Å². The van der Waals surface area contributed by atoms with Gasteiger partial charge in [-0.1, -0.05) is 78.9 Å². The SMILES string of the molecule is [C-]#[N+]c1ccc(-c2cc(C#N)cc(-c3ccc(-n4c5ccccc5c5cc(C#N)ccc54)cc3)c2)c(-n2c3ccccc3c3ccccc32)c1. The smallest absolute Gasteiger partial charge is 0.189 e. The first-order chi connectivity index (χ1) is 24.6. The van der Waals surface area contributed by atoms with Gasteiger partial charge in [0.2, 0.25) is 0 Å². The molecule has 0 aliphatic heterocycles. The van der Waals surface area contributed by atoms with Crippen LogP contribution in [0.3, 0.4) is 0 Å². The Bertz CT molecular complexity index is 2900. The van der Waals surface area contributed by atoms with Gasteiger partial charge in [-0.05, 0) is 89.5 Å². The first-order valence-electron chi connectivity index (χ1n) is 16.2. The summed E-state index contributed by atoms with van der Waals surface area (Å²) in [6.07, 6.45) is 0. The van der Waals surface area contributed by atoms with Crippen LogP contribution in [0.25, 0.3) is 82.1 Å². The maximum Gasteiger partial charge on any atom is 0.189 e. The lowest BCUT2D eigenvalue weighted by Gasteiger charge is -2.16. The molecule has 230 valence electrons. The van der Waals surface area contributed by atoms with Crippen molar-refractivity contribution >= 4 is 49.3 Å². The summed E-state index contributed by atoms with van der Waals surface area (Å²) < 4.78 is 4.46. The molecular formula is C45H25N5. The minimum absolute atomic E-state index is 0.548. The zero-order valence-corrected chi connectivity index (χ0v) is 26.7. The molecular weight excluding hydrogens is 611 g/mol. The summed E-state index contributed by atoms with van der Waals surface area (Å²) in [5, 5.41) is 24.1. The van der Waals surface area contributed by atoms with E-state index in [1.807, 2.05) is 72.8 Å². The standard InChI is InChI=1S/C45H25N5/c1-48-34-17-20-36(45(26-34)50-42-12-6-2-8-37(42)38-9-3-7-13-43(38)50)33-23-30(28-47)22-32(25-33)31-15-18-35(19-16-31)49-41-11-5-4-10-39(41)40-24-29(27-46)14-21-44(40)49/h2-26H. The van der Waals surface area contributed by atoms with Crippen molar-refractivity contribution in [1.82, 2.24) is 9.13 Å². The molecule has 0 N–H and O–H groups in total. The van der Waals surface area contributed by atoms with Gasteiger partial charge in [0.05, 0.1) is 51.9 Å². The molecule has 0 bridgehead atoms. The molecule has 2 heterocycles. The molecule has 9 aromatic rings. The lowest BCUT2D eigenvalue weighted by Crippen LogP contribution is -1.98. The summed E-state index contributed by atoms with van der Waals surface area (Å²) in [6, 6.07) is 55.6. The van der Waals surface area contributed by atoms with E-state index in [9.17, 15) is 10.5 Å². The molecule has 9 rings (SSSR count). The van der Waals surface area contributed by atoms with Gasteiger partial charge >= 0.3 is 0 Å². The highest BCUT2D eigenvalue weighted by molar-refractivity contribution is 6.11. The number of aromatic nitrogens is 2. The number of fused-ring (bicyclic) bond motifs is 6. The maximum absolute atomic E-state index is 10.2. The Morgan fingerprint density at radius 3 is 1.68 bits per heavy atom. The van der Waals surface area contributed by atoms with Gasteiger partial charge in [-0.25, -0.2) is 4.85 Å². The van der Waals surface area contributed by atoms with E-state index in [0.717, 1.165) is 77.2 Å². The van der Waals surface area contributed by atoms with E-state index >= 15 is 0 Å². The molecule has 5 heteroatoms. The van der Waals surface area contributed by atoms with Crippen LogP contribution in [-0.2, 0) is 0 Å². The summed E-state index contributed by atoms with van der Waals surface area (Å²) in [6.45, 7) is 7.81. The summed E-state index contributed by atoms with van der Waals surface area (Å²) in [4.78, 5) is 3.78. The summed E-state index contributed by atoms with van der Waals surface area (Å²) in [7, 11) is 0. The van der Waals surface area contributed by atoms with Crippen molar-refractivity contribution in [3.63, 3.8) is 0 Å². The van der Waals surface area contributed by atoms with Crippen molar-refractivity contribution in [2.75, 3.05) is 0 Å². The number of benzene rings is 7. The predicted molar refractivity (Wildman–Crippen MR) is 202 cm³/mol. The lowest BCUT2D eigenvalue weighted by molar-refractivity contribution is 1.18. The van der Waals surface area contributed by atoms with E-state index in [-0.39, 0.29) is 0 Å². The topological polar surface area (TPSA) is 61.8 Å². The second kappa shape index (κ2) is 11.4. The van der Waals surface area contributed by atoms with Crippen LogP contribution in [0.2, 0.25) is 0 Å². The third-order valence-corrected chi connectivity index (χ3v) is 9.57. The molecule has 0 amide bonds. The number of nitrogens with zero attached hydrogens (tertiary/aromatic N) is 5. The van der Waals surface area contributed by atoms with Crippen LogP contribution in [0.5, 0.6) is 0 Å². The molecule has 0 atom stereocenters. The highest BCUT2D eigenvalue weighted by Gasteiger charge is 2.18. The van der Waals surface area contributed by atoms with Gasteiger partial charge in [0, 0.05) is 38.5 Å². The van der Waals surface area contributed by atoms with Crippen LogP contribution in [0.15, 0.2) is 152 Å². The fraction of sp³-hybridized carbons (Fsp3) is 0. The Hall–Kier alpha value is -7.39. The molecule has 0 aliphatic carbocycles. The van der Waals surface area contributed by atoms with Gasteiger partial charge in [0.25, 0.3) is 0 Å². The number of hydrogen-bond donors (Lipinski definition) is 0. The predicted octanol–water partition coefficient (Wildman–Crippen LogP) is 11.5. The molecule has 5 nitrogen and oxygen atoms in total. The van der Waals surface area contributed by atoms with Gasteiger partial charge in [-0.2, -0.15) is 10.5 Å². The fourth-order valence-electron chi connectivity index (χ4n) is 7.34. The van der Waals surface area contributed by atoms with Crippen LogP contribution >= 0.6 is 0 Å². The van der Waals surface area contributed by atoms with Crippen molar-refractivity contribution in [3.05, 3.63) is 174 Å². The number of para-hydroxylation sites is 3. The van der Waals surface area contributed by atoms with E-state index < -0.39 is 0 Å². The molecule has 50 heavy (non-hydrogen) atoms.